The Morgan fingerprint density at radius 1 is 1.26 bits per heavy atom. The molecule has 0 aliphatic carbocycles. The lowest BCUT2D eigenvalue weighted by Crippen LogP contribution is -2.45. The van der Waals surface area contributed by atoms with Crippen LogP contribution in [-0.2, 0) is 6.54 Å². The highest BCUT2D eigenvalue weighted by atomic mass is 35.5. The number of carbonyl (C=O) groups excluding carboxylic acids is 1. The maximum atomic E-state index is 12.3. The molecule has 138 valence electrons. The van der Waals surface area contributed by atoms with Crippen molar-refractivity contribution in [3.8, 4) is 17.0 Å². The third kappa shape index (κ3) is 3.67. The van der Waals surface area contributed by atoms with E-state index in [9.17, 15) is 4.79 Å². The molecular weight excluding hydrogens is 364 g/mol. The number of hydrogen-bond acceptors (Lipinski definition) is 4. The molecular formula is C20H19ClN4O2. The van der Waals surface area contributed by atoms with Gasteiger partial charge in [-0.2, -0.15) is 5.10 Å². The van der Waals surface area contributed by atoms with Crippen LogP contribution in [0.1, 0.15) is 22.2 Å². The Morgan fingerprint density at radius 3 is 2.85 bits per heavy atom. The Labute approximate surface area is 162 Å². The Bertz CT molecular complexity index is 968. The summed E-state index contributed by atoms with van der Waals surface area (Å²) in [6.07, 6.45) is -0.134. The number of aromatic nitrogens is 2. The number of rotatable bonds is 5. The second-order valence-corrected chi connectivity index (χ2v) is 6.76. The maximum absolute atomic E-state index is 12.3. The van der Waals surface area contributed by atoms with Gasteiger partial charge in [0, 0.05) is 17.1 Å². The molecule has 0 saturated carbocycles. The zero-order chi connectivity index (χ0) is 18.8. The van der Waals surface area contributed by atoms with Crippen molar-refractivity contribution in [2.75, 3.05) is 13.7 Å². The minimum Gasteiger partial charge on any atom is -0.497 e. The van der Waals surface area contributed by atoms with Crippen LogP contribution in [0.4, 0.5) is 0 Å². The highest BCUT2D eigenvalue weighted by Crippen LogP contribution is 2.24. The van der Waals surface area contributed by atoms with Gasteiger partial charge in [-0.25, -0.2) is 4.68 Å². The van der Waals surface area contributed by atoms with Gasteiger partial charge >= 0.3 is 0 Å². The number of halogens is 1. The van der Waals surface area contributed by atoms with Crippen molar-refractivity contribution in [1.29, 1.82) is 0 Å². The standard InChI is InChI=1S/C20H19ClN4O2/c1-27-16-4-2-3-13(9-16)11-22-19-12-23-20(26)18-10-17(24-25(18)19)14-5-7-15(21)8-6-14/h2-10,19,22H,11-12H2,1H3,(H,23,26)/t19-/m1/s1. The second kappa shape index (κ2) is 7.42. The van der Waals surface area contributed by atoms with Crippen LogP contribution in [0.25, 0.3) is 11.3 Å². The van der Waals surface area contributed by atoms with E-state index in [1.807, 2.05) is 48.5 Å². The smallest absolute Gasteiger partial charge is 0.269 e. The number of hydrogen-bond donors (Lipinski definition) is 2. The van der Waals surface area contributed by atoms with Crippen LogP contribution in [0.2, 0.25) is 5.02 Å². The number of ether oxygens (including phenoxy) is 1. The molecule has 0 bridgehead atoms. The molecule has 0 radical (unpaired) electrons. The number of benzene rings is 2. The number of nitrogens with zero attached hydrogens (tertiary/aromatic N) is 2. The van der Waals surface area contributed by atoms with Crippen LogP contribution in [0, 0.1) is 0 Å². The molecule has 2 aromatic carbocycles. The summed E-state index contributed by atoms with van der Waals surface area (Å²) in [6.45, 7) is 1.10. The van der Waals surface area contributed by atoms with E-state index in [0.29, 0.717) is 23.8 Å². The molecule has 0 fully saturated rings. The Kier molecular flexibility index (Phi) is 4.83. The number of methoxy groups -OCH3 is 1. The van der Waals surface area contributed by atoms with Crippen molar-refractivity contribution in [2.24, 2.45) is 0 Å². The van der Waals surface area contributed by atoms with E-state index in [1.165, 1.54) is 0 Å². The maximum Gasteiger partial charge on any atom is 0.269 e. The first kappa shape index (κ1) is 17.6. The molecule has 1 atom stereocenters. The van der Waals surface area contributed by atoms with E-state index in [0.717, 1.165) is 22.6 Å². The highest BCUT2D eigenvalue weighted by Gasteiger charge is 2.27. The van der Waals surface area contributed by atoms with Crippen molar-refractivity contribution in [1.82, 2.24) is 20.4 Å². The lowest BCUT2D eigenvalue weighted by Gasteiger charge is -2.25. The van der Waals surface area contributed by atoms with E-state index in [2.05, 4.69) is 15.7 Å². The average molecular weight is 383 g/mol. The molecule has 3 aromatic rings. The van der Waals surface area contributed by atoms with Crippen molar-refractivity contribution in [3.05, 3.63) is 70.9 Å². The molecule has 6 nitrogen and oxygen atoms in total. The minimum absolute atomic E-state index is 0.123. The summed E-state index contributed by atoms with van der Waals surface area (Å²) in [5.41, 5.74) is 3.29. The van der Waals surface area contributed by atoms with Crippen molar-refractivity contribution >= 4 is 17.5 Å². The number of amides is 1. The van der Waals surface area contributed by atoms with E-state index < -0.39 is 0 Å². The van der Waals surface area contributed by atoms with Crippen molar-refractivity contribution < 1.29 is 9.53 Å². The number of fused-ring (bicyclic) bond motifs is 1. The fourth-order valence-corrected chi connectivity index (χ4v) is 3.23. The van der Waals surface area contributed by atoms with Crippen LogP contribution in [0.15, 0.2) is 54.6 Å². The summed E-state index contributed by atoms with van der Waals surface area (Å²) in [5, 5.41) is 11.7. The number of nitrogens with one attached hydrogen (secondary N) is 2. The fourth-order valence-electron chi connectivity index (χ4n) is 3.11. The molecule has 1 aliphatic rings. The number of carbonyl (C=O) groups is 1. The third-order valence-corrected chi connectivity index (χ3v) is 4.79. The molecule has 4 rings (SSSR count). The van der Waals surface area contributed by atoms with Gasteiger partial charge in [0.1, 0.15) is 17.6 Å². The lowest BCUT2D eigenvalue weighted by atomic mass is 10.1. The van der Waals surface area contributed by atoms with E-state index in [-0.39, 0.29) is 12.1 Å². The van der Waals surface area contributed by atoms with Crippen LogP contribution in [0.3, 0.4) is 0 Å². The van der Waals surface area contributed by atoms with E-state index >= 15 is 0 Å². The molecule has 0 spiro atoms. The summed E-state index contributed by atoms with van der Waals surface area (Å²) in [4.78, 5) is 12.3. The molecule has 2 N–H and O–H groups in total. The van der Waals surface area contributed by atoms with E-state index in [4.69, 9.17) is 16.3 Å². The van der Waals surface area contributed by atoms with Gasteiger partial charge in [0.2, 0.25) is 0 Å². The third-order valence-electron chi connectivity index (χ3n) is 4.54. The van der Waals surface area contributed by atoms with Crippen LogP contribution < -0.4 is 15.4 Å². The Hall–Kier alpha value is -2.83. The summed E-state index contributed by atoms with van der Waals surface area (Å²) in [6, 6.07) is 17.1. The molecule has 27 heavy (non-hydrogen) atoms. The second-order valence-electron chi connectivity index (χ2n) is 6.32. The van der Waals surface area contributed by atoms with Crippen LogP contribution in [-0.4, -0.2) is 29.3 Å². The van der Waals surface area contributed by atoms with Crippen molar-refractivity contribution in [2.45, 2.75) is 12.7 Å². The molecule has 1 amide bonds. The summed E-state index contributed by atoms with van der Waals surface area (Å²) in [5.74, 6) is 0.693. The van der Waals surface area contributed by atoms with Crippen molar-refractivity contribution in [3.63, 3.8) is 0 Å². The predicted octanol–water partition coefficient (Wildman–Crippen LogP) is 3.24. The normalized spacial score (nSPS) is 15.9. The largest absolute Gasteiger partial charge is 0.497 e. The molecule has 0 saturated heterocycles. The Morgan fingerprint density at radius 2 is 2.07 bits per heavy atom. The molecule has 1 aliphatic heterocycles. The summed E-state index contributed by atoms with van der Waals surface area (Å²) in [7, 11) is 1.65. The zero-order valence-electron chi connectivity index (χ0n) is 14.8. The van der Waals surface area contributed by atoms with Crippen LogP contribution >= 0.6 is 11.6 Å². The molecule has 1 aromatic heterocycles. The summed E-state index contributed by atoms with van der Waals surface area (Å²) >= 11 is 5.96. The zero-order valence-corrected chi connectivity index (χ0v) is 15.5. The van der Waals surface area contributed by atoms with Gasteiger partial charge in [0.15, 0.2) is 0 Å². The van der Waals surface area contributed by atoms with Gasteiger partial charge in [0.05, 0.1) is 19.3 Å². The first-order valence-electron chi connectivity index (χ1n) is 8.64. The average Bonchev–Trinajstić information content (AvgIpc) is 3.15. The fraction of sp³-hybridized carbons (Fsp3) is 0.200. The lowest BCUT2D eigenvalue weighted by molar-refractivity contribution is 0.0900. The first-order chi connectivity index (χ1) is 13.1. The van der Waals surface area contributed by atoms with Gasteiger partial charge in [0.25, 0.3) is 5.91 Å². The topological polar surface area (TPSA) is 68.2 Å². The van der Waals surface area contributed by atoms with Gasteiger partial charge in [-0.05, 0) is 35.9 Å². The quantitative estimate of drug-likeness (QED) is 0.710. The monoisotopic (exact) mass is 382 g/mol. The van der Waals surface area contributed by atoms with E-state index in [1.54, 1.807) is 17.9 Å². The SMILES string of the molecule is COc1cccc(CN[C@H]2CNC(=O)c3cc(-c4ccc(Cl)cc4)nn32)c1. The van der Waals surface area contributed by atoms with Gasteiger partial charge in [-0.15, -0.1) is 0 Å². The van der Waals surface area contributed by atoms with Gasteiger partial charge in [-0.3, -0.25) is 10.1 Å². The van der Waals surface area contributed by atoms with Crippen LogP contribution in [0.5, 0.6) is 5.75 Å². The Balaban J connectivity index is 1.57. The summed E-state index contributed by atoms with van der Waals surface area (Å²) < 4.78 is 7.02. The van der Waals surface area contributed by atoms with Gasteiger partial charge < -0.3 is 10.1 Å². The van der Waals surface area contributed by atoms with Gasteiger partial charge in [-0.1, -0.05) is 35.9 Å². The molecule has 0 unspecified atom stereocenters. The molecule has 2 heterocycles. The first-order valence-corrected chi connectivity index (χ1v) is 9.02. The minimum atomic E-state index is -0.134. The predicted molar refractivity (Wildman–Crippen MR) is 104 cm³/mol. The molecule has 7 heteroatoms. The highest BCUT2D eigenvalue weighted by molar-refractivity contribution is 6.30.